The third-order valence-electron chi connectivity index (χ3n) is 6.23. The quantitative estimate of drug-likeness (QED) is 0.522. The zero-order valence-corrected chi connectivity index (χ0v) is 17.2. The van der Waals surface area contributed by atoms with Crippen LogP contribution in [0, 0.1) is 5.82 Å². The molecule has 0 aliphatic heterocycles. The summed E-state index contributed by atoms with van der Waals surface area (Å²) >= 11 is 0. The van der Waals surface area contributed by atoms with E-state index in [1.807, 2.05) is 0 Å². The molecule has 0 bridgehead atoms. The maximum Gasteiger partial charge on any atom is 0.419 e. The lowest BCUT2D eigenvalue weighted by atomic mass is 9.69. The molecule has 3 N–H and O–H groups in total. The Hall–Kier alpha value is -3.14. The Morgan fingerprint density at radius 3 is 2.62 bits per heavy atom. The summed E-state index contributed by atoms with van der Waals surface area (Å²) in [6, 6.07) is 4.74. The summed E-state index contributed by atoms with van der Waals surface area (Å²) in [5, 5.41) is 28.4. The zero-order valence-electron chi connectivity index (χ0n) is 17.2. The summed E-state index contributed by atoms with van der Waals surface area (Å²) in [4.78, 5) is 12.4. The number of nitrogens with zero attached hydrogens (tertiary/aromatic N) is 2. The fraction of sp³-hybridized carbons (Fsp3) is 0.364. The van der Waals surface area contributed by atoms with E-state index in [1.165, 1.54) is 31.4 Å². The number of rotatable bonds is 3. The average Bonchev–Trinajstić information content (AvgIpc) is 2.74. The lowest BCUT2D eigenvalue weighted by Crippen LogP contribution is -2.55. The molecule has 1 heterocycles. The van der Waals surface area contributed by atoms with Crippen molar-refractivity contribution >= 4 is 16.5 Å². The number of aromatic hydroxyl groups is 1. The molecule has 0 radical (unpaired) electrons. The maximum atomic E-state index is 14.2. The van der Waals surface area contributed by atoms with Gasteiger partial charge in [-0.2, -0.15) is 18.3 Å². The van der Waals surface area contributed by atoms with Crippen LogP contribution in [-0.4, -0.2) is 31.8 Å². The van der Waals surface area contributed by atoms with E-state index >= 15 is 0 Å². The van der Waals surface area contributed by atoms with Crippen LogP contribution in [0.1, 0.15) is 42.9 Å². The number of aliphatic hydroxyl groups is 1. The summed E-state index contributed by atoms with van der Waals surface area (Å²) in [7, 11) is 1.45. The summed E-state index contributed by atoms with van der Waals surface area (Å²) in [5.74, 6) is -2.58. The predicted molar refractivity (Wildman–Crippen MR) is 110 cm³/mol. The van der Waals surface area contributed by atoms with Crippen LogP contribution in [0.15, 0.2) is 41.3 Å². The standard InChI is InChI=1S/C22H21F4N3O3/c1-3-11-9-21(32,22(24,25)26)19(13-7-8-15(23)18(30)17(11)13)28-16-6-4-5-12-14(16)10-27-29(2)20(12)31/h4-8,10-11,19,28,30,32H,3,9H2,1-2H3/t11-,19+,21+/m1/s1. The van der Waals surface area contributed by atoms with Crippen molar-refractivity contribution in [2.24, 2.45) is 7.05 Å². The maximum absolute atomic E-state index is 14.2. The minimum absolute atomic E-state index is 0.0354. The lowest BCUT2D eigenvalue weighted by Gasteiger charge is -2.45. The van der Waals surface area contributed by atoms with Crippen LogP contribution in [0.4, 0.5) is 23.2 Å². The monoisotopic (exact) mass is 451 g/mol. The van der Waals surface area contributed by atoms with Gasteiger partial charge in [0.15, 0.2) is 17.2 Å². The number of alkyl halides is 3. The van der Waals surface area contributed by atoms with Gasteiger partial charge in [0.2, 0.25) is 0 Å². The van der Waals surface area contributed by atoms with Crippen molar-refractivity contribution in [1.82, 2.24) is 9.78 Å². The van der Waals surface area contributed by atoms with Crippen LogP contribution in [0.2, 0.25) is 0 Å². The fourth-order valence-electron chi connectivity index (χ4n) is 4.50. The highest BCUT2D eigenvalue weighted by Gasteiger charge is 2.62. The molecular formula is C22H21F4N3O3. The minimum Gasteiger partial charge on any atom is -0.505 e. The Morgan fingerprint density at radius 2 is 1.97 bits per heavy atom. The molecule has 0 fully saturated rings. The average molecular weight is 451 g/mol. The number of fused-ring (bicyclic) bond motifs is 2. The van der Waals surface area contributed by atoms with Gasteiger partial charge in [0.05, 0.1) is 17.6 Å². The minimum atomic E-state index is -5.03. The smallest absolute Gasteiger partial charge is 0.419 e. The molecule has 1 aliphatic carbocycles. The van der Waals surface area contributed by atoms with Gasteiger partial charge in [-0.3, -0.25) is 4.79 Å². The number of hydrogen-bond acceptors (Lipinski definition) is 5. The SMILES string of the molecule is CC[C@@H]1C[C@@](O)(C(F)(F)F)[C@@H](Nc2cccc3c(=O)n(C)ncc23)c2ccc(F)c(O)c21. The molecule has 6 nitrogen and oxygen atoms in total. The first-order valence-corrected chi connectivity index (χ1v) is 10.0. The van der Waals surface area contributed by atoms with Gasteiger partial charge < -0.3 is 15.5 Å². The Labute approximate surface area is 180 Å². The van der Waals surface area contributed by atoms with Crippen LogP contribution in [0.3, 0.4) is 0 Å². The lowest BCUT2D eigenvalue weighted by molar-refractivity contribution is -0.272. The number of benzene rings is 2. The molecule has 4 rings (SSSR count). The van der Waals surface area contributed by atoms with E-state index in [1.54, 1.807) is 6.92 Å². The molecule has 32 heavy (non-hydrogen) atoms. The Morgan fingerprint density at radius 1 is 1.25 bits per heavy atom. The number of hydrogen-bond donors (Lipinski definition) is 3. The Kier molecular flexibility index (Phi) is 5.15. The molecule has 2 aromatic carbocycles. The second-order valence-electron chi connectivity index (χ2n) is 8.05. The van der Waals surface area contributed by atoms with Gasteiger partial charge in [-0.25, -0.2) is 9.07 Å². The molecule has 0 amide bonds. The zero-order chi connectivity index (χ0) is 23.4. The van der Waals surface area contributed by atoms with Crippen LogP contribution in [0.25, 0.3) is 10.8 Å². The Balaban J connectivity index is 1.95. The van der Waals surface area contributed by atoms with E-state index < -0.39 is 47.3 Å². The van der Waals surface area contributed by atoms with Gasteiger partial charge in [-0.15, -0.1) is 0 Å². The molecule has 170 valence electrons. The van der Waals surface area contributed by atoms with E-state index in [0.717, 1.165) is 16.8 Å². The molecule has 0 saturated heterocycles. The molecule has 1 aliphatic rings. The molecule has 3 aromatic rings. The fourth-order valence-corrected chi connectivity index (χ4v) is 4.50. The van der Waals surface area contributed by atoms with Gasteiger partial charge in [0, 0.05) is 23.7 Å². The van der Waals surface area contributed by atoms with Crippen molar-refractivity contribution in [3.05, 3.63) is 63.8 Å². The number of anilines is 1. The van der Waals surface area contributed by atoms with Crippen molar-refractivity contribution in [3.8, 4) is 5.75 Å². The van der Waals surface area contributed by atoms with Crippen LogP contribution >= 0.6 is 0 Å². The van der Waals surface area contributed by atoms with Crippen molar-refractivity contribution in [1.29, 1.82) is 0 Å². The number of aryl methyl sites for hydroxylation is 1. The second-order valence-corrected chi connectivity index (χ2v) is 8.05. The summed E-state index contributed by atoms with van der Waals surface area (Å²) in [6.45, 7) is 1.61. The topological polar surface area (TPSA) is 87.4 Å². The normalized spacial score (nSPS) is 23.2. The second kappa shape index (κ2) is 7.47. The molecule has 1 aromatic heterocycles. The van der Waals surface area contributed by atoms with Gasteiger partial charge in [0.1, 0.15) is 0 Å². The van der Waals surface area contributed by atoms with E-state index in [4.69, 9.17) is 0 Å². The molecule has 0 spiro atoms. The number of phenols is 1. The third-order valence-corrected chi connectivity index (χ3v) is 6.23. The van der Waals surface area contributed by atoms with E-state index in [9.17, 15) is 32.6 Å². The van der Waals surface area contributed by atoms with Crippen molar-refractivity contribution in [2.75, 3.05) is 5.32 Å². The Bertz CT molecular complexity index is 1260. The number of aromatic nitrogens is 2. The van der Waals surface area contributed by atoms with Crippen molar-refractivity contribution in [3.63, 3.8) is 0 Å². The van der Waals surface area contributed by atoms with Gasteiger partial charge in [-0.05, 0) is 42.5 Å². The first-order valence-electron chi connectivity index (χ1n) is 10.0. The van der Waals surface area contributed by atoms with Crippen molar-refractivity contribution in [2.45, 2.75) is 43.5 Å². The third kappa shape index (κ3) is 3.21. The van der Waals surface area contributed by atoms with Crippen LogP contribution < -0.4 is 10.9 Å². The molecular weight excluding hydrogens is 430 g/mol. The summed E-state index contributed by atoms with van der Waals surface area (Å²) in [5.41, 5.74) is -3.53. The molecule has 3 atom stereocenters. The molecule has 10 heteroatoms. The van der Waals surface area contributed by atoms with E-state index in [0.29, 0.717) is 0 Å². The van der Waals surface area contributed by atoms with E-state index in [2.05, 4.69) is 10.4 Å². The number of phenolic OH excluding ortho intramolecular Hbond substituents is 1. The van der Waals surface area contributed by atoms with E-state index in [-0.39, 0.29) is 34.0 Å². The largest absolute Gasteiger partial charge is 0.505 e. The highest BCUT2D eigenvalue weighted by molar-refractivity contribution is 5.92. The van der Waals surface area contributed by atoms with Gasteiger partial charge >= 0.3 is 6.18 Å². The van der Waals surface area contributed by atoms with Crippen LogP contribution in [0.5, 0.6) is 5.75 Å². The van der Waals surface area contributed by atoms with Gasteiger partial charge in [-0.1, -0.05) is 19.1 Å². The van der Waals surface area contributed by atoms with Crippen LogP contribution in [-0.2, 0) is 7.05 Å². The molecule has 0 unspecified atom stereocenters. The highest BCUT2D eigenvalue weighted by atomic mass is 19.4. The van der Waals surface area contributed by atoms with Gasteiger partial charge in [0.25, 0.3) is 5.56 Å². The summed E-state index contributed by atoms with van der Waals surface area (Å²) < 4.78 is 57.8. The summed E-state index contributed by atoms with van der Waals surface area (Å²) in [6.07, 6.45) is -4.30. The molecule has 0 saturated carbocycles. The first kappa shape index (κ1) is 22.1. The highest BCUT2D eigenvalue weighted by Crippen LogP contribution is 2.55. The predicted octanol–water partition coefficient (Wildman–Crippen LogP) is 4.12. The van der Waals surface area contributed by atoms with Crippen molar-refractivity contribution < 1.29 is 27.8 Å². The first-order chi connectivity index (χ1) is 15.0. The number of nitrogens with one attached hydrogen (secondary N) is 1. The number of halogens is 4.